The maximum absolute atomic E-state index is 12.4. The van der Waals surface area contributed by atoms with Crippen LogP contribution < -0.4 is 5.32 Å². The van der Waals surface area contributed by atoms with Crippen LogP contribution in [-0.2, 0) is 31.2 Å². The van der Waals surface area contributed by atoms with Crippen LogP contribution in [0.4, 0.5) is 0 Å². The summed E-state index contributed by atoms with van der Waals surface area (Å²) in [6.45, 7) is 6.97. The number of nitrogens with one attached hydrogen (secondary N) is 1. The van der Waals surface area contributed by atoms with Crippen LogP contribution in [0.1, 0.15) is 67.2 Å². The first-order valence-electron chi connectivity index (χ1n) is 9.17. The number of aromatic nitrogens is 5. The Labute approximate surface area is 148 Å². The lowest BCUT2D eigenvalue weighted by Crippen LogP contribution is -2.29. The zero-order chi connectivity index (χ0) is 18.0. The molecule has 1 aliphatic rings. The van der Waals surface area contributed by atoms with Crippen molar-refractivity contribution in [1.29, 1.82) is 0 Å². The average Bonchev–Trinajstić information content (AvgIpc) is 2.97. The molecular formula is C18H28N6O. The number of amides is 1. The van der Waals surface area contributed by atoms with Crippen molar-refractivity contribution in [2.24, 2.45) is 7.05 Å². The third-order valence-corrected chi connectivity index (χ3v) is 5.16. The summed E-state index contributed by atoms with van der Waals surface area (Å²) in [5.41, 5.74) is 3.30. The average molecular weight is 344 g/mol. The summed E-state index contributed by atoms with van der Waals surface area (Å²) < 4.78 is 4.06. The number of aryl methyl sites for hydroxylation is 3. The minimum atomic E-state index is -0.122. The lowest BCUT2D eigenvalue weighted by molar-refractivity contribution is -0.121. The number of carbonyl (C=O) groups is 1. The molecule has 25 heavy (non-hydrogen) atoms. The number of hydrogen-bond donors (Lipinski definition) is 1. The highest BCUT2D eigenvalue weighted by atomic mass is 16.1. The minimum Gasteiger partial charge on any atom is -0.346 e. The van der Waals surface area contributed by atoms with Gasteiger partial charge >= 0.3 is 0 Å². The molecule has 1 atom stereocenters. The van der Waals surface area contributed by atoms with Gasteiger partial charge in [-0.25, -0.2) is 0 Å². The summed E-state index contributed by atoms with van der Waals surface area (Å²) in [5.74, 6) is 1.97. The molecular weight excluding hydrogens is 316 g/mol. The standard InChI is InChI=1S/C18H28N6O/c1-12-15(14(3)23(4)22-12)9-10-17(25)19-13(2)18-21-20-16-8-6-5-7-11-24(16)18/h13H,5-11H2,1-4H3,(H,19,25)/t13-/m0/s1. The van der Waals surface area contributed by atoms with Crippen molar-refractivity contribution < 1.29 is 4.79 Å². The van der Waals surface area contributed by atoms with Crippen molar-refractivity contribution in [1.82, 2.24) is 29.9 Å². The Morgan fingerprint density at radius 3 is 2.76 bits per heavy atom. The van der Waals surface area contributed by atoms with Crippen molar-refractivity contribution in [3.8, 4) is 0 Å². The summed E-state index contributed by atoms with van der Waals surface area (Å²) in [6, 6.07) is -0.122. The van der Waals surface area contributed by atoms with Gasteiger partial charge in [0.2, 0.25) is 5.91 Å². The van der Waals surface area contributed by atoms with E-state index in [9.17, 15) is 4.79 Å². The Kier molecular flexibility index (Phi) is 5.20. The van der Waals surface area contributed by atoms with Gasteiger partial charge in [0.05, 0.1) is 11.7 Å². The normalized spacial score (nSPS) is 15.5. The predicted molar refractivity (Wildman–Crippen MR) is 95.1 cm³/mol. The lowest BCUT2D eigenvalue weighted by atomic mass is 10.1. The predicted octanol–water partition coefficient (Wildman–Crippen LogP) is 2.16. The van der Waals surface area contributed by atoms with Crippen LogP contribution in [0.3, 0.4) is 0 Å². The maximum atomic E-state index is 12.4. The molecule has 7 nitrogen and oxygen atoms in total. The van der Waals surface area contributed by atoms with E-state index in [1.165, 1.54) is 18.4 Å². The molecule has 0 saturated carbocycles. The van der Waals surface area contributed by atoms with Gasteiger partial charge < -0.3 is 9.88 Å². The van der Waals surface area contributed by atoms with Gasteiger partial charge in [-0.15, -0.1) is 10.2 Å². The molecule has 2 aromatic heterocycles. The zero-order valence-electron chi connectivity index (χ0n) is 15.7. The summed E-state index contributed by atoms with van der Waals surface area (Å²) in [4.78, 5) is 12.4. The molecule has 0 spiro atoms. The molecule has 1 amide bonds. The van der Waals surface area contributed by atoms with Crippen molar-refractivity contribution in [3.63, 3.8) is 0 Å². The summed E-state index contributed by atoms with van der Waals surface area (Å²) >= 11 is 0. The largest absolute Gasteiger partial charge is 0.346 e. The molecule has 3 heterocycles. The third-order valence-electron chi connectivity index (χ3n) is 5.16. The van der Waals surface area contributed by atoms with E-state index in [4.69, 9.17) is 0 Å². The van der Waals surface area contributed by atoms with Gasteiger partial charge in [0.15, 0.2) is 5.82 Å². The van der Waals surface area contributed by atoms with E-state index in [0.29, 0.717) is 12.8 Å². The van der Waals surface area contributed by atoms with Gasteiger partial charge in [-0.05, 0) is 45.6 Å². The number of rotatable bonds is 5. The minimum absolute atomic E-state index is 0.0427. The first kappa shape index (κ1) is 17.6. The first-order chi connectivity index (χ1) is 12.0. The topological polar surface area (TPSA) is 77.6 Å². The molecule has 0 aromatic carbocycles. The van der Waals surface area contributed by atoms with Crippen molar-refractivity contribution in [2.75, 3.05) is 0 Å². The fraction of sp³-hybridized carbons (Fsp3) is 0.667. The summed E-state index contributed by atoms with van der Waals surface area (Å²) in [6.07, 6.45) is 5.70. The lowest BCUT2D eigenvalue weighted by Gasteiger charge is -2.15. The Hall–Kier alpha value is -2.18. The van der Waals surface area contributed by atoms with Gasteiger partial charge in [-0.3, -0.25) is 9.48 Å². The van der Waals surface area contributed by atoms with E-state index in [2.05, 4.69) is 25.2 Å². The van der Waals surface area contributed by atoms with Crippen molar-refractivity contribution in [2.45, 2.75) is 71.9 Å². The second-order valence-electron chi connectivity index (χ2n) is 7.00. The fourth-order valence-corrected chi connectivity index (χ4v) is 3.62. The molecule has 0 unspecified atom stereocenters. The Morgan fingerprint density at radius 1 is 1.24 bits per heavy atom. The Morgan fingerprint density at radius 2 is 2.04 bits per heavy atom. The smallest absolute Gasteiger partial charge is 0.220 e. The van der Waals surface area contributed by atoms with E-state index in [-0.39, 0.29) is 11.9 Å². The van der Waals surface area contributed by atoms with Crippen LogP contribution in [0.15, 0.2) is 0 Å². The highest BCUT2D eigenvalue weighted by Gasteiger charge is 2.21. The second-order valence-corrected chi connectivity index (χ2v) is 7.00. The number of nitrogens with zero attached hydrogens (tertiary/aromatic N) is 5. The molecule has 0 fully saturated rings. The van der Waals surface area contributed by atoms with E-state index in [1.54, 1.807) is 0 Å². The quantitative estimate of drug-likeness (QED) is 0.902. The van der Waals surface area contributed by atoms with Crippen LogP contribution in [0.25, 0.3) is 0 Å². The molecule has 0 aliphatic carbocycles. The highest BCUT2D eigenvalue weighted by Crippen LogP contribution is 2.19. The van der Waals surface area contributed by atoms with E-state index >= 15 is 0 Å². The Balaban J connectivity index is 1.60. The maximum Gasteiger partial charge on any atom is 0.220 e. The second kappa shape index (κ2) is 7.37. The molecule has 3 rings (SSSR count). The molecule has 2 aromatic rings. The van der Waals surface area contributed by atoms with Crippen LogP contribution in [0.5, 0.6) is 0 Å². The van der Waals surface area contributed by atoms with Crippen LogP contribution in [0.2, 0.25) is 0 Å². The number of fused-ring (bicyclic) bond motifs is 1. The van der Waals surface area contributed by atoms with E-state index in [1.807, 2.05) is 32.5 Å². The van der Waals surface area contributed by atoms with Gasteiger partial charge in [0.25, 0.3) is 0 Å². The molecule has 0 radical (unpaired) electrons. The van der Waals surface area contributed by atoms with Crippen LogP contribution in [-0.4, -0.2) is 30.5 Å². The van der Waals surface area contributed by atoms with Gasteiger partial charge in [-0.2, -0.15) is 5.10 Å². The molecule has 136 valence electrons. The van der Waals surface area contributed by atoms with E-state index in [0.717, 1.165) is 42.4 Å². The van der Waals surface area contributed by atoms with Crippen LogP contribution in [0, 0.1) is 13.8 Å². The van der Waals surface area contributed by atoms with Crippen LogP contribution >= 0.6 is 0 Å². The SMILES string of the molecule is Cc1nn(C)c(C)c1CCC(=O)N[C@@H](C)c1nnc2n1CCCCC2. The fourth-order valence-electron chi connectivity index (χ4n) is 3.62. The molecule has 1 N–H and O–H groups in total. The van der Waals surface area contributed by atoms with Gasteiger partial charge in [0.1, 0.15) is 5.82 Å². The van der Waals surface area contributed by atoms with Gasteiger partial charge in [0, 0.05) is 32.1 Å². The number of hydrogen-bond acceptors (Lipinski definition) is 4. The molecule has 1 aliphatic heterocycles. The van der Waals surface area contributed by atoms with Gasteiger partial charge in [-0.1, -0.05) is 6.42 Å². The first-order valence-corrected chi connectivity index (χ1v) is 9.17. The number of carbonyl (C=O) groups excluding carboxylic acids is 1. The monoisotopic (exact) mass is 344 g/mol. The molecule has 7 heteroatoms. The van der Waals surface area contributed by atoms with E-state index < -0.39 is 0 Å². The highest BCUT2D eigenvalue weighted by molar-refractivity contribution is 5.76. The zero-order valence-corrected chi connectivity index (χ0v) is 15.7. The Bertz CT molecular complexity index is 760. The third kappa shape index (κ3) is 3.75. The molecule has 0 saturated heterocycles. The summed E-state index contributed by atoms with van der Waals surface area (Å²) in [7, 11) is 1.94. The molecule has 0 bridgehead atoms. The van der Waals surface area contributed by atoms with Crippen molar-refractivity contribution >= 4 is 5.91 Å². The summed E-state index contributed by atoms with van der Waals surface area (Å²) in [5, 5.41) is 16.1. The van der Waals surface area contributed by atoms with Crippen molar-refractivity contribution in [3.05, 3.63) is 28.6 Å².